The maximum atomic E-state index is 13.2. The molecule has 0 aliphatic carbocycles. The van der Waals surface area contributed by atoms with Crippen molar-refractivity contribution >= 4 is 23.2 Å². The molecule has 0 bridgehead atoms. The van der Waals surface area contributed by atoms with Crippen LogP contribution in [0, 0.1) is 0 Å². The van der Waals surface area contributed by atoms with Crippen molar-refractivity contribution in [3.8, 4) is 0 Å². The van der Waals surface area contributed by atoms with E-state index >= 15 is 0 Å². The van der Waals surface area contributed by atoms with Crippen LogP contribution in [0.2, 0.25) is 0 Å². The Bertz CT molecular complexity index is 1090. The lowest BCUT2D eigenvalue weighted by atomic mass is 10.1. The topological polar surface area (TPSA) is 74.6 Å². The molecule has 2 N–H and O–H groups in total. The second-order valence-electron chi connectivity index (χ2n) is 9.10. The lowest BCUT2D eigenvalue weighted by Crippen LogP contribution is -2.30. The molecule has 2 aromatic carbocycles. The molecule has 36 heavy (non-hydrogen) atoms. The fourth-order valence-electron chi connectivity index (χ4n) is 4.04. The fraction of sp³-hybridized carbons (Fsp3) is 0.400. The van der Waals surface area contributed by atoms with E-state index in [-0.39, 0.29) is 11.8 Å². The van der Waals surface area contributed by atoms with E-state index in [1.54, 1.807) is 12.3 Å². The Morgan fingerprint density at radius 3 is 2.33 bits per heavy atom. The number of anilines is 2. The molecule has 2 amide bonds. The number of rotatable bonds is 14. The van der Waals surface area contributed by atoms with E-state index in [2.05, 4.69) is 29.4 Å². The number of carbonyl (C=O) groups is 2. The maximum Gasteiger partial charge on any atom is 0.255 e. The highest BCUT2D eigenvalue weighted by atomic mass is 16.3. The van der Waals surface area contributed by atoms with Gasteiger partial charge in [-0.3, -0.25) is 9.59 Å². The van der Waals surface area contributed by atoms with Gasteiger partial charge in [-0.25, -0.2) is 0 Å². The van der Waals surface area contributed by atoms with E-state index in [9.17, 15) is 9.59 Å². The van der Waals surface area contributed by atoms with Gasteiger partial charge in [0, 0.05) is 24.3 Å². The average Bonchev–Trinajstić information content (AvgIpc) is 3.42. The molecule has 3 aromatic rings. The SMILES string of the molecule is CCCCc1ccc(C(=O)Nc2ccc(N(CCCC)Cc3ccco3)c(C(=O)NCCC)c2)cc1. The number of nitrogens with zero attached hydrogens (tertiary/aromatic N) is 1. The minimum atomic E-state index is -0.192. The van der Waals surface area contributed by atoms with Gasteiger partial charge >= 0.3 is 0 Å². The third-order valence-corrected chi connectivity index (χ3v) is 6.12. The number of aryl methyl sites for hydroxylation is 1. The zero-order valence-electron chi connectivity index (χ0n) is 21.8. The molecule has 0 fully saturated rings. The van der Waals surface area contributed by atoms with Crippen LogP contribution in [-0.4, -0.2) is 24.9 Å². The Morgan fingerprint density at radius 1 is 0.889 bits per heavy atom. The quantitative estimate of drug-likeness (QED) is 0.260. The highest BCUT2D eigenvalue weighted by Crippen LogP contribution is 2.27. The predicted octanol–water partition coefficient (Wildman–Crippen LogP) is 6.82. The highest BCUT2D eigenvalue weighted by molar-refractivity contribution is 6.06. The normalized spacial score (nSPS) is 10.8. The molecule has 0 aliphatic rings. The van der Waals surface area contributed by atoms with Crippen molar-refractivity contribution in [1.82, 2.24) is 5.32 Å². The van der Waals surface area contributed by atoms with Gasteiger partial charge < -0.3 is 20.0 Å². The molecule has 1 aromatic heterocycles. The van der Waals surface area contributed by atoms with Gasteiger partial charge in [-0.15, -0.1) is 0 Å². The summed E-state index contributed by atoms with van der Waals surface area (Å²) in [6, 6.07) is 17.1. The van der Waals surface area contributed by atoms with Crippen LogP contribution in [-0.2, 0) is 13.0 Å². The fourth-order valence-corrected chi connectivity index (χ4v) is 4.04. The first-order chi connectivity index (χ1) is 17.5. The summed E-state index contributed by atoms with van der Waals surface area (Å²) in [5, 5.41) is 5.96. The number of amides is 2. The third-order valence-electron chi connectivity index (χ3n) is 6.12. The Hall–Kier alpha value is -3.54. The summed E-state index contributed by atoms with van der Waals surface area (Å²) in [7, 11) is 0. The van der Waals surface area contributed by atoms with E-state index in [0.29, 0.717) is 29.9 Å². The van der Waals surface area contributed by atoms with Gasteiger partial charge in [0.25, 0.3) is 11.8 Å². The molecule has 0 spiro atoms. The first kappa shape index (κ1) is 27.1. The van der Waals surface area contributed by atoms with Crippen LogP contribution in [0.5, 0.6) is 0 Å². The monoisotopic (exact) mass is 489 g/mol. The molecule has 0 aliphatic heterocycles. The summed E-state index contributed by atoms with van der Waals surface area (Å²) in [6.07, 6.45) is 7.83. The summed E-state index contributed by atoms with van der Waals surface area (Å²) >= 11 is 0. The first-order valence-electron chi connectivity index (χ1n) is 13.2. The second kappa shape index (κ2) is 14.1. The van der Waals surface area contributed by atoms with Crippen LogP contribution in [0.3, 0.4) is 0 Å². The van der Waals surface area contributed by atoms with Crippen molar-refractivity contribution in [2.24, 2.45) is 0 Å². The van der Waals surface area contributed by atoms with Crippen LogP contribution in [0.15, 0.2) is 65.3 Å². The number of hydrogen-bond acceptors (Lipinski definition) is 4. The van der Waals surface area contributed by atoms with Crippen molar-refractivity contribution < 1.29 is 14.0 Å². The van der Waals surface area contributed by atoms with Crippen LogP contribution < -0.4 is 15.5 Å². The summed E-state index contributed by atoms with van der Waals surface area (Å²) in [5.74, 6) is 0.498. The van der Waals surface area contributed by atoms with Gasteiger partial charge in [0.05, 0.1) is 24.1 Å². The molecule has 0 saturated heterocycles. The molecule has 0 saturated carbocycles. The van der Waals surface area contributed by atoms with Gasteiger partial charge in [-0.05, 0) is 73.7 Å². The van der Waals surface area contributed by atoms with Crippen molar-refractivity contribution in [2.75, 3.05) is 23.3 Å². The minimum absolute atomic E-state index is 0.149. The number of hydrogen-bond donors (Lipinski definition) is 2. The van der Waals surface area contributed by atoms with E-state index in [0.717, 1.165) is 56.5 Å². The Kier molecular flexibility index (Phi) is 10.6. The lowest BCUT2D eigenvalue weighted by molar-refractivity contribution is 0.0952. The van der Waals surface area contributed by atoms with Gasteiger partial charge in [-0.2, -0.15) is 0 Å². The van der Waals surface area contributed by atoms with E-state index < -0.39 is 0 Å². The van der Waals surface area contributed by atoms with Crippen LogP contribution in [0.25, 0.3) is 0 Å². The largest absolute Gasteiger partial charge is 0.467 e. The third kappa shape index (κ3) is 7.74. The maximum absolute atomic E-state index is 13.2. The molecule has 0 radical (unpaired) electrons. The number of furan rings is 1. The number of benzene rings is 2. The standard InChI is InChI=1S/C30H39N3O3/c1-4-7-10-23-12-14-24(15-13-23)29(34)32-25-16-17-28(27(21-25)30(35)31-18-6-3)33(19-8-5-2)22-26-11-9-20-36-26/h9,11-17,20-21H,4-8,10,18-19,22H2,1-3H3,(H,31,35)(H,32,34). The van der Waals surface area contributed by atoms with E-state index in [1.807, 2.05) is 55.5 Å². The van der Waals surface area contributed by atoms with Gasteiger partial charge in [0.2, 0.25) is 0 Å². The Morgan fingerprint density at radius 2 is 1.67 bits per heavy atom. The Balaban J connectivity index is 1.85. The highest BCUT2D eigenvalue weighted by Gasteiger charge is 2.19. The first-order valence-corrected chi connectivity index (χ1v) is 13.2. The molecular formula is C30H39N3O3. The second-order valence-corrected chi connectivity index (χ2v) is 9.10. The van der Waals surface area contributed by atoms with Crippen LogP contribution in [0.4, 0.5) is 11.4 Å². The molecule has 0 unspecified atom stereocenters. The molecule has 1 heterocycles. The molecule has 6 heteroatoms. The molecule has 6 nitrogen and oxygen atoms in total. The van der Waals surface area contributed by atoms with Crippen molar-refractivity contribution in [1.29, 1.82) is 0 Å². The Labute approximate surface area is 215 Å². The van der Waals surface area contributed by atoms with Crippen molar-refractivity contribution in [3.63, 3.8) is 0 Å². The van der Waals surface area contributed by atoms with Gasteiger partial charge in [-0.1, -0.05) is 45.7 Å². The molecular weight excluding hydrogens is 450 g/mol. The summed E-state index contributed by atoms with van der Waals surface area (Å²) in [6.45, 7) is 8.29. The van der Waals surface area contributed by atoms with E-state index in [4.69, 9.17) is 4.42 Å². The zero-order chi connectivity index (χ0) is 25.8. The van der Waals surface area contributed by atoms with E-state index in [1.165, 1.54) is 5.56 Å². The number of nitrogens with one attached hydrogen (secondary N) is 2. The number of carbonyl (C=O) groups excluding carboxylic acids is 2. The van der Waals surface area contributed by atoms with Gasteiger partial charge in [0.1, 0.15) is 5.76 Å². The molecule has 0 atom stereocenters. The molecule has 192 valence electrons. The lowest BCUT2D eigenvalue weighted by Gasteiger charge is -2.26. The zero-order valence-corrected chi connectivity index (χ0v) is 21.8. The summed E-state index contributed by atoms with van der Waals surface area (Å²) < 4.78 is 5.59. The van der Waals surface area contributed by atoms with Crippen LogP contribution in [0.1, 0.15) is 84.9 Å². The predicted molar refractivity (Wildman–Crippen MR) is 147 cm³/mol. The minimum Gasteiger partial charge on any atom is -0.467 e. The smallest absolute Gasteiger partial charge is 0.255 e. The van der Waals surface area contributed by atoms with Crippen LogP contribution >= 0.6 is 0 Å². The summed E-state index contributed by atoms with van der Waals surface area (Å²) in [4.78, 5) is 28.3. The number of unbranched alkanes of at least 4 members (excludes halogenated alkanes) is 2. The molecule has 3 rings (SSSR count). The average molecular weight is 490 g/mol. The van der Waals surface area contributed by atoms with Crippen molar-refractivity contribution in [3.05, 3.63) is 83.3 Å². The van der Waals surface area contributed by atoms with Gasteiger partial charge in [0.15, 0.2) is 0 Å². The summed E-state index contributed by atoms with van der Waals surface area (Å²) in [5.41, 5.74) is 3.79. The van der Waals surface area contributed by atoms with Crippen molar-refractivity contribution in [2.45, 2.75) is 65.8 Å².